The lowest BCUT2D eigenvalue weighted by Crippen LogP contribution is -2.32. The van der Waals surface area contributed by atoms with E-state index in [4.69, 9.17) is 4.52 Å². The van der Waals surface area contributed by atoms with Crippen LogP contribution in [0.2, 0.25) is 0 Å². The van der Waals surface area contributed by atoms with E-state index in [-0.39, 0.29) is 24.2 Å². The lowest BCUT2D eigenvalue weighted by atomic mass is 9.98. The molecule has 0 saturated heterocycles. The molecule has 6 nitrogen and oxygen atoms in total. The Hall–Kier alpha value is -3.26. The number of alkyl halides is 2. The summed E-state index contributed by atoms with van der Waals surface area (Å²) in [6.45, 7) is -1.13. The number of carbonyl (C=O) groups excluding carboxylic acids is 1. The number of amides is 1. The van der Waals surface area contributed by atoms with E-state index in [1.807, 2.05) is 30.3 Å². The van der Waals surface area contributed by atoms with Gasteiger partial charge in [-0.2, -0.15) is 8.78 Å². The zero-order valence-corrected chi connectivity index (χ0v) is 15.1. The molecular formula is C20H19F2N3O3. The van der Waals surface area contributed by atoms with Gasteiger partial charge in [0.2, 0.25) is 5.91 Å². The maximum absolute atomic E-state index is 12.3. The lowest BCUT2D eigenvalue weighted by Gasteiger charge is -2.20. The number of carbonyl (C=O) groups is 1. The molecule has 3 aromatic rings. The molecule has 0 aliphatic heterocycles. The van der Waals surface area contributed by atoms with Gasteiger partial charge in [0, 0.05) is 6.07 Å². The molecular weight excluding hydrogens is 368 g/mol. The number of halogens is 2. The smallest absolute Gasteiger partial charge is 0.387 e. The molecule has 0 saturated carbocycles. The third-order valence-electron chi connectivity index (χ3n) is 3.93. The summed E-state index contributed by atoms with van der Waals surface area (Å²) in [6, 6.07) is 17.1. The minimum Gasteiger partial charge on any atom is -0.435 e. The second-order valence-electron chi connectivity index (χ2n) is 6.04. The van der Waals surface area contributed by atoms with Gasteiger partial charge in [0.25, 0.3) is 0 Å². The summed E-state index contributed by atoms with van der Waals surface area (Å²) in [7, 11) is 0. The molecule has 0 spiro atoms. The fourth-order valence-electron chi connectivity index (χ4n) is 2.72. The van der Waals surface area contributed by atoms with Crippen molar-refractivity contribution in [1.29, 1.82) is 0 Å². The average molecular weight is 387 g/mol. The minimum absolute atomic E-state index is 0.0146. The molecule has 3 rings (SSSR count). The molecule has 146 valence electrons. The van der Waals surface area contributed by atoms with E-state index < -0.39 is 6.61 Å². The van der Waals surface area contributed by atoms with Gasteiger partial charge in [-0.3, -0.25) is 10.1 Å². The summed E-state index contributed by atoms with van der Waals surface area (Å²) in [6.07, 6.45) is 0. The van der Waals surface area contributed by atoms with Crippen molar-refractivity contribution in [2.45, 2.75) is 19.6 Å². The molecule has 0 bridgehead atoms. The van der Waals surface area contributed by atoms with Crippen molar-refractivity contribution in [1.82, 2.24) is 10.5 Å². The molecule has 1 heterocycles. The van der Waals surface area contributed by atoms with Gasteiger partial charge in [-0.25, -0.2) is 0 Å². The Labute approximate surface area is 160 Å². The number of rotatable bonds is 8. The Morgan fingerprint density at radius 2 is 1.79 bits per heavy atom. The van der Waals surface area contributed by atoms with Crippen LogP contribution >= 0.6 is 0 Å². The van der Waals surface area contributed by atoms with Gasteiger partial charge in [-0.15, -0.1) is 0 Å². The summed E-state index contributed by atoms with van der Waals surface area (Å²) >= 11 is 0. The predicted molar refractivity (Wildman–Crippen MR) is 99.2 cm³/mol. The highest BCUT2D eigenvalue weighted by Crippen LogP contribution is 2.24. The second kappa shape index (κ2) is 9.09. The molecule has 1 atom stereocenters. The number of nitrogens with one attached hydrogen (secondary N) is 2. The number of aromatic nitrogens is 1. The summed E-state index contributed by atoms with van der Waals surface area (Å²) in [5.41, 5.74) is 1.73. The summed E-state index contributed by atoms with van der Waals surface area (Å²) in [4.78, 5) is 12.2. The molecule has 0 aliphatic carbocycles. The number of aryl methyl sites for hydroxylation is 1. The van der Waals surface area contributed by atoms with Crippen LogP contribution in [-0.4, -0.2) is 24.2 Å². The van der Waals surface area contributed by atoms with Gasteiger partial charge >= 0.3 is 6.61 Å². The van der Waals surface area contributed by atoms with Crippen LogP contribution in [0.4, 0.5) is 14.6 Å². The molecule has 2 N–H and O–H groups in total. The lowest BCUT2D eigenvalue weighted by molar-refractivity contribution is -0.115. The number of benzene rings is 2. The number of hydrogen-bond acceptors (Lipinski definition) is 5. The molecule has 1 aromatic heterocycles. The topological polar surface area (TPSA) is 76.4 Å². The third kappa shape index (κ3) is 5.37. The Balaban J connectivity index is 1.71. The molecule has 8 heteroatoms. The second-order valence-corrected chi connectivity index (χ2v) is 6.04. The van der Waals surface area contributed by atoms with E-state index >= 15 is 0 Å². The van der Waals surface area contributed by atoms with Crippen LogP contribution < -0.4 is 15.4 Å². The molecule has 28 heavy (non-hydrogen) atoms. The number of ether oxygens (including phenoxy) is 1. The zero-order chi connectivity index (χ0) is 19.9. The van der Waals surface area contributed by atoms with Crippen molar-refractivity contribution >= 4 is 11.7 Å². The minimum atomic E-state index is -2.88. The van der Waals surface area contributed by atoms with E-state index in [0.29, 0.717) is 11.6 Å². The van der Waals surface area contributed by atoms with Crippen molar-refractivity contribution in [2.24, 2.45) is 0 Å². The monoisotopic (exact) mass is 387 g/mol. The maximum atomic E-state index is 12.3. The predicted octanol–water partition coefficient (Wildman–Crippen LogP) is 3.90. The fourth-order valence-corrected chi connectivity index (χ4v) is 2.72. The normalized spacial score (nSPS) is 12.0. The number of hydrogen-bond donors (Lipinski definition) is 2. The van der Waals surface area contributed by atoms with Crippen LogP contribution in [0.3, 0.4) is 0 Å². The third-order valence-corrected chi connectivity index (χ3v) is 3.93. The first-order valence-corrected chi connectivity index (χ1v) is 8.57. The SMILES string of the molecule is Cc1cc(NC(=O)CN[C@H](c2ccccc2)c2ccc(OC(F)F)cc2)no1. The molecule has 2 aromatic carbocycles. The van der Waals surface area contributed by atoms with Gasteiger partial charge in [0.1, 0.15) is 11.5 Å². The highest BCUT2D eigenvalue weighted by molar-refractivity contribution is 5.91. The van der Waals surface area contributed by atoms with Crippen LogP contribution in [0.15, 0.2) is 65.2 Å². The Morgan fingerprint density at radius 3 is 2.39 bits per heavy atom. The van der Waals surface area contributed by atoms with E-state index in [9.17, 15) is 13.6 Å². The van der Waals surface area contributed by atoms with Gasteiger partial charge < -0.3 is 14.6 Å². The van der Waals surface area contributed by atoms with Crippen LogP contribution in [0, 0.1) is 6.92 Å². The molecule has 0 unspecified atom stereocenters. The fraction of sp³-hybridized carbons (Fsp3) is 0.200. The Kier molecular flexibility index (Phi) is 6.33. The van der Waals surface area contributed by atoms with Crippen molar-refractivity contribution in [3.8, 4) is 5.75 Å². The Bertz CT molecular complexity index is 899. The van der Waals surface area contributed by atoms with E-state index in [2.05, 4.69) is 20.5 Å². The van der Waals surface area contributed by atoms with Crippen LogP contribution in [-0.2, 0) is 4.79 Å². The van der Waals surface area contributed by atoms with Crippen molar-refractivity contribution in [2.75, 3.05) is 11.9 Å². The van der Waals surface area contributed by atoms with Gasteiger partial charge in [-0.05, 0) is 30.2 Å². The quantitative estimate of drug-likeness (QED) is 0.613. The first-order valence-electron chi connectivity index (χ1n) is 8.57. The molecule has 0 fully saturated rings. The van der Waals surface area contributed by atoms with E-state index in [0.717, 1.165) is 11.1 Å². The van der Waals surface area contributed by atoms with Crippen LogP contribution in [0.25, 0.3) is 0 Å². The van der Waals surface area contributed by atoms with Gasteiger partial charge in [-0.1, -0.05) is 47.6 Å². The standard InChI is InChI=1S/C20H19F2N3O3/c1-13-11-17(25-28-13)24-18(26)12-23-19(14-5-3-2-4-6-14)15-7-9-16(10-8-15)27-20(21)22/h2-11,19-20,23H,12H2,1H3,(H,24,25,26)/t19-/m1/s1. The zero-order valence-electron chi connectivity index (χ0n) is 15.1. The van der Waals surface area contributed by atoms with Crippen molar-refractivity contribution in [3.05, 3.63) is 77.6 Å². The summed E-state index contributed by atoms with van der Waals surface area (Å²) in [5.74, 6) is 0.724. The number of anilines is 1. The average Bonchev–Trinajstić information content (AvgIpc) is 3.08. The van der Waals surface area contributed by atoms with E-state index in [1.54, 1.807) is 25.1 Å². The van der Waals surface area contributed by atoms with Crippen molar-refractivity contribution < 1.29 is 22.8 Å². The van der Waals surface area contributed by atoms with Gasteiger partial charge in [0.05, 0.1) is 12.6 Å². The van der Waals surface area contributed by atoms with Crippen LogP contribution in [0.1, 0.15) is 22.9 Å². The highest BCUT2D eigenvalue weighted by Gasteiger charge is 2.16. The largest absolute Gasteiger partial charge is 0.435 e. The van der Waals surface area contributed by atoms with Crippen molar-refractivity contribution in [3.63, 3.8) is 0 Å². The molecule has 0 radical (unpaired) electrons. The maximum Gasteiger partial charge on any atom is 0.387 e. The first kappa shape index (κ1) is 19.5. The number of nitrogens with zero attached hydrogens (tertiary/aromatic N) is 1. The van der Waals surface area contributed by atoms with Gasteiger partial charge in [0.15, 0.2) is 5.82 Å². The highest BCUT2D eigenvalue weighted by atomic mass is 19.3. The first-order chi connectivity index (χ1) is 13.5. The Morgan fingerprint density at radius 1 is 1.11 bits per heavy atom. The van der Waals surface area contributed by atoms with Crippen LogP contribution in [0.5, 0.6) is 5.75 Å². The summed E-state index contributed by atoms with van der Waals surface area (Å²) in [5, 5.41) is 9.54. The summed E-state index contributed by atoms with van der Waals surface area (Å²) < 4.78 is 34.0. The molecule has 0 aliphatic rings. The van der Waals surface area contributed by atoms with E-state index in [1.165, 1.54) is 12.1 Å². The molecule has 1 amide bonds.